The first kappa shape index (κ1) is 9.34. The molecule has 0 saturated heterocycles. The molecule has 0 aromatic carbocycles. The molecule has 0 aliphatic carbocycles. The topological polar surface area (TPSA) is 37.3 Å². The Morgan fingerprint density at radius 2 is 1.80 bits per heavy atom. The first-order chi connectivity index (χ1) is 1.73. The molecule has 28 valence electrons. The zero-order chi connectivity index (χ0) is 3.58. The molecule has 0 spiro atoms. The molecular formula is C2H6O2Ra. The van der Waals surface area contributed by atoms with Gasteiger partial charge in [-0.1, -0.05) is 0 Å². The van der Waals surface area contributed by atoms with Crippen molar-refractivity contribution in [2.45, 2.75) is 6.92 Å². The van der Waals surface area contributed by atoms with Gasteiger partial charge in [0, 0.05) is 6.92 Å². The van der Waals surface area contributed by atoms with E-state index < -0.39 is 5.97 Å². The minimum absolute atomic E-state index is 0. The van der Waals surface area contributed by atoms with Gasteiger partial charge in [0.2, 0.25) is 0 Å². The Bertz CT molecular complexity index is 30.6. The van der Waals surface area contributed by atoms with Crippen molar-refractivity contribution in [1.82, 2.24) is 0 Å². The Kier molecular flexibility index (Phi) is 9.22. The second-order valence-corrected chi connectivity index (χ2v) is 0.519. The van der Waals surface area contributed by atoms with E-state index in [2.05, 4.69) is 0 Å². The van der Waals surface area contributed by atoms with Crippen molar-refractivity contribution in [2.75, 3.05) is 0 Å². The quantitative estimate of drug-likeness (QED) is 0.656. The Balaban J connectivity index is 0. The summed E-state index contributed by atoms with van der Waals surface area (Å²) in [6.07, 6.45) is 0. The summed E-state index contributed by atoms with van der Waals surface area (Å²) >= 11 is 0. The predicted molar refractivity (Wildman–Crippen MR) is 16.1 cm³/mol. The van der Waals surface area contributed by atoms with Crippen molar-refractivity contribution in [3.8, 4) is 0 Å². The summed E-state index contributed by atoms with van der Waals surface area (Å²) in [6, 6.07) is 0. The van der Waals surface area contributed by atoms with Crippen LogP contribution in [0.25, 0.3) is 0 Å². The summed E-state index contributed by atoms with van der Waals surface area (Å²) in [5, 5.41) is 7.42. The zero-order valence-electron chi connectivity index (χ0n) is 2.36. The number of carboxylic acid groups (broad SMARTS) is 1. The van der Waals surface area contributed by atoms with Gasteiger partial charge in [0.25, 0.3) is 5.97 Å². The van der Waals surface area contributed by atoms with Crippen LogP contribution in [0, 0.1) is 45.0 Å². The van der Waals surface area contributed by atoms with E-state index in [-0.39, 0.29) is 45.0 Å². The van der Waals surface area contributed by atoms with E-state index in [1.54, 1.807) is 0 Å². The number of aliphatic carboxylic acids is 1. The van der Waals surface area contributed by atoms with Crippen LogP contribution in [0.2, 0.25) is 0 Å². The van der Waals surface area contributed by atoms with E-state index in [9.17, 15) is 0 Å². The molecule has 0 heterocycles. The molecule has 5 heavy (non-hydrogen) atoms. The summed E-state index contributed by atoms with van der Waals surface area (Å²) in [5.41, 5.74) is 0. The number of carbonyl (C=O) groups is 1. The fourth-order valence-electron chi connectivity index (χ4n) is 0. The van der Waals surface area contributed by atoms with Gasteiger partial charge in [-0.2, -0.15) is 0 Å². The van der Waals surface area contributed by atoms with Gasteiger partial charge in [-0.25, -0.2) is 0 Å². The van der Waals surface area contributed by atoms with Gasteiger partial charge in [0.1, 0.15) is 0 Å². The van der Waals surface area contributed by atoms with Crippen LogP contribution in [-0.4, -0.2) is 11.1 Å². The van der Waals surface area contributed by atoms with Crippen molar-refractivity contribution in [1.29, 1.82) is 0 Å². The van der Waals surface area contributed by atoms with Crippen LogP contribution < -0.4 is 0 Å². The standard InChI is InChI=1S/C2H4O2.Ra.2H/c1-2(3)4;;;/h1H3,(H,3,4);;;. The number of hydrogen-bond donors (Lipinski definition) is 1. The van der Waals surface area contributed by atoms with Crippen molar-refractivity contribution in [3.63, 3.8) is 0 Å². The second-order valence-electron chi connectivity index (χ2n) is 0.519. The molecule has 0 rings (SSSR count). The molecule has 0 unspecified atom stereocenters. The van der Waals surface area contributed by atoms with Gasteiger partial charge in [-0.15, -0.1) is 0 Å². The Morgan fingerprint density at radius 1 is 1.80 bits per heavy atom. The van der Waals surface area contributed by atoms with Crippen LogP contribution in [0.5, 0.6) is 0 Å². The number of carboxylic acids is 1. The van der Waals surface area contributed by atoms with Gasteiger partial charge in [-0.05, 0) is 0 Å². The predicted octanol–water partition coefficient (Wildman–Crippen LogP) is -0.445. The summed E-state index contributed by atoms with van der Waals surface area (Å²) in [6.45, 7) is 1.08. The summed E-state index contributed by atoms with van der Waals surface area (Å²) in [5.74, 6) is -0.833. The van der Waals surface area contributed by atoms with Crippen molar-refractivity contribution >= 4 is 5.97 Å². The van der Waals surface area contributed by atoms with Crippen molar-refractivity contribution in [2.24, 2.45) is 0 Å². The second kappa shape index (κ2) is 4.94. The molecule has 0 aromatic heterocycles. The fraction of sp³-hybridized carbons (Fsp3) is 0.500. The van der Waals surface area contributed by atoms with E-state index in [1.165, 1.54) is 0 Å². The van der Waals surface area contributed by atoms with Crippen LogP contribution in [-0.2, 0) is 4.79 Å². The normalized spacial score (nSPS) is 5.00. The van der Waals surface area contributed by atoms with Crippen LogP contribution in [0.15, 0.2) is 0 Å². The van der Waals surface area contributed by atoms with Gasteiger partial charge < -0.3 is 5.11 Å². The molecule has 2 nitrogen and oxygen atoms in total. The molecule has 0 amide bonds. The average molecular weight is 288 g/mol. The number of rotatable bonds is 0. The third kappa shape index (κ3) is 48.5. The molecule has 3 heteroatoms. The molecule has 0 radical (unpaired) electrons. The van der Waals surface area contributed by atoms with E-state index in [0.717, 1.165) is 6.92 Å². The molecular weight excluding hydrogens is 282 g/mol. The van der Waals surface area contributed by atoms with Gasteiger partial charge in [-0.3, -0.25) is 4.79 Å². The SMILES string of the molecule is CC(=O)O.[RaH2]. The Hall–Kier alpha value is 0.938. The number of hydrogen-bond acceptors (Lipinski definition) is 1. The van der Waals surface area contributed by atoms with E-state index in [1.807, 2.05) is 0 Å². The average Bonchev–Trinajstić information content (AvgIpc) is 0.811. The van der Waals surface area contributed by atoms with Crippen LogP contribution in [0.4, 0.5) is 0 Å². The first-order valence-corrected chi connectivity index (χ1v) is 0.928. The van der Waals surface area contributed by atoms with Crippen LogP contribution in [0.3, 0.4) is 0 Å². The first-order valence-electron chi connectivity index (χ1n) is 0.928. The summed E-state index contributed by atoms with van der Waals surface area (Å²) in [7, 11) is 0. The fourth-order valence-corrected chi connectivity index (χ4v) is 0. The Morgan fingerprint density at radius 3 is 1.80 bits per heavy atom. The van der Waals surface area contributed by atoms with Gasteiger partial charge in [0.15, 0.2) is 0 Å². The molecule has 0 bridgehead atoms. The molecule has 0 aromatic rings. The van der Waals surface area contributed by atoms with E-state index in [0.29, 0.717) is 0 Å². The van der Waals surface area contributed by atoms with E-state index >= 15 is 0 Å². The molecule has 1 N–H and O–H groups in total. The molecule has 0 aliphatic rings. The molecule has 0 aliphatic heterocycles. The molecule has 0 saturated carbocycles. The van der Waals surface area contributed by atoms with Crippen LogP contribution >= 0.6 is 0 Å². The van der Waals surface area contributed by atoms with Crippen molar-refractivity contribution in [3.05, 3.63) is 0 Å². The molecule has 0 fully saturated rings. The van der Waals surface area contributed by atoms with E-state index in [4.69, 9.17) is 9.90 Å². The van der Waals surface area contributed by atoms with Crippen molar-refractivity contribution < 1.29 is 54.9 Å². The van der Waals surface area contributed by atoms with Gasteiger partial charge >= 0.3 is 45.0 Å². The zero-order valence-corrected chi connectivity index (χ0v) is 2.36. The third-order valence-corrected chi connectivity index (χ3v) is 0. The molecule has 0 atom stereocenters. The minimum atomic E-state index is -0.833. The maximum atomic E-state index is 9.00. The summed E-state index contributed by atoms with van der Waals surface area (Å²) in [4.78, 5) is 9.00. The Labute approximate surface area is 67.0 Å². The monoisotopic (exact) mass is 288 g/mol. The summed E-state index contributed by atoms with van der Waals surface area (Å²) < 4.78 is 0. The van der Waals surface area contributed by atoms with Crippen LogP contribution in [0.1, 0.15) is 6.92 Å². The third-order valence-electron chi connectivity index (χ3n) is 0. The van der Waals surface area contributed by atoms with Gasteiger partial charge in [0.05, 0.1) is 0 Å². The maximum absolute atomic E-state index is 9.00.